The largest absolute Gasteiger partial charge is 0.457 e. The number of unbranched alkanes of at least 4 members (excludes halogenated alkanes) is 3. The molecule has 0 radical (unpaired) electrons. The van der Waals surface area contributed by atoms with Crippen LogP contribution < -0.4 is 4.74 Å². The predicted octanol–water partition coefficient (Wildman–Crippen LogP) is 6.62. The molecule has 0 saturated heterocycles. The Labute approximate surface area is 135 Å². The number of benzene rings is 2. The van der Waals surface area contributed by atoms with Crippen LogP contribution in [0.5, 0.6) is 11.5 Å². The number of hydrogen-bond donors (Lipinski definition) is 0. The number of halogens is 3. The maximum atomic E-state index is 12.5. The van der Waals surface area contributed by atoms with Crippen molar-refractivity contribution in [2.24, 2.45) is 0 Å². The van der Waals surface area contributed by atoms with Crippen molar-refractivity contribution >= 4 is 0 Å². The Morgan fingerprint density at radius 3 is 1.87 bits per heavy atom. The lowest BCUT2D eigenvalue weighted by Crippen LogP contribution is -2.03. The fourth-order valence-electron chi connectivity index (χ4n) is 2.33. The van der Waals surface area contributed by atoms with E-state index in [1.54, 1.807) is 0 Å². The second-order valence-corrected chi connectivity index (χ2v) is 5.58. The lowest BCUT2D eigenvalue weighted by Gasteiger charge is -2.09. The molecule has 0 saturated carbocycles. The van der Waals surface area contributed by atoms with Gasteiger partial charge >= 0.3 is 6.18 Å². The maximum absolute atomic E-state index is 12.5. The van der Waals surface area contributed by atoms with Gasteiger partial charge in [0, 0.05) is 0 Å². The quantitative estimate of drug-likeness (QED) is 0.520. The molecule has 4 heteroatoms. The highest BCUT2D eigenvalue weighted by Crippen LogP contribution is 2.31. The van der Waals surface area contributed by atoms with Crippen LogP contribution in [0.25, 0.3) is 0 Å². The summed E-state index contributed by atoms with van der Waals surface area (Å²) in [6, 6.07) is 12.4. The second kappa shape index (κ2) is 8.04. The average molecular weight is 322 g/mol. The minimum absolute atomic E-state index is 0.397. The van der Waals surface area contributed by atoms with Gasteiger partial charge in [0.15, 0.2) is 0 Å². The van der Waals surface area contributed by atoms with Crippen LogP contribution in [-0.4, -0.2) is 0 Å². The van der Waals surface area contributed by atoms with Crippen molar-refractivity contribution in [3.8, 4) is 11.5 Å². The molecule has 0 aliphatic rings. The molecule has 0 heterocycles. The van der Waals surface area contributed by atoms with Crippen molar-refractivity contribution in [3.63, 3.8) is 0 Å². The van der Waals surface area contributed by atoms with Crippen molar-refractivity contribution in [1.29, 1.82) is 0 Å². The van der Waals surface area contributed by atoms with E-state index in [4.69, 9.17) is 4.74 Å². The number of rotatable bonds is 7. The van der Waals surface area contributed by atoms with Gasteiger partial charge in [0.2, 0.25) is 0 Å². The number of alkyl halides is 3. The summed E-state index contributed by atoms with van der Waals surface area (Å²) in [5.74, 6) is 1.02. The minimum Gasteiger partial charge on any atom is -0.457 e. The zero-order valence-electron chi connectivity index (χ0n) is 13.2. The molecular weight excluding hydrogens is 301 g/mol. The van der Waals surface area contributed by atoms with Crippen LogP contribution in [0.4, 0.5) is 13.2 Å². The minimum atomic E-state index is -4.32. The van der Waals surface area contributed by atoms with Crippen LogP contribution in [-0.2, 0) is 12.6 Å². The molecule has 2 aromatic rings. The van der Waals surface area contributed by atoms with Crippen molar-refractivity contribution < 1.29 is 17.9 Å². The highest BCUT2D eigenvalue weighted by atomic mass is 19.4. The third kappa shape index (κ3) is 5.62. The molecule has 0 aliphatic carbocycles. The molecule has 0 N–H and O–H groups in total. The van der Waals surface area contributed by atoms with Crippen molar-refractivity contribution in [2.75, 3.05) is 0 Å². The van der Waals surface area contributed by atoms with E-state index in [1.165, 1.54) is 43.4 Å². The Morgan fingerprint density at radius 1 is 0.783 bits per heavy atom. The first kappa shape index (κ1) is 17.4. The van der Waals surface area contributed by atoms with Gasteiger partial charge in [0.1, 0.15) is 11.5 Å². The average Bonchev–Trinajstić information content (AvgIpc) is 2.53. The predicted molar refractivity (Wildman–Crippen MR) is 85.8 cm³/mol. The summed E-state index contributed by atoms with van der Waals surface area (Å²) >= 11 is 0. The van der Waals surface area contributed by atoms with Crippen LogP contribution in [0.2, 0.25) is 0 Å². The molecule has 23 heavy (non-hydrogen) atoms. The molecule has 0 aromatic heterocycles. The Hall–Kier alpha value is -1.97. The lowest BCUT2D eigenvalue weighted by atomic mass is 10.1. The zero-order valence-corrected chi connectivity index (χ0v) is 13.2. The van der Waals surface area contributed by atoms with Crippen LogP contribution >= 0.6 is 0 Å². The standard InChI is InChI=1S/C19H21F3O/c1-2-3-4-5-6-15-7-11-17(12-8-15)23-18-13-9-16(10-14-18)19(20,21)22/h7-14H,2-6H2,1H3. The number of aryl methyl sites for hydroxylation is 1. The van der Waals surface area contributed by atoms with Gasteiger partial charge in [-0.1, -0.05) is 38.3 Å². The van der Waals surface area contributed by atoms with Crippen molar-refractivity contribution in [3.05, 3.63) is 59.7 Å². The smallest absolute Gasteiger partial charge is 0.416 e. The van der Waals surface area contributed by atoms with E-state index < -0.39 is 11.7 Å². The van der Waals surface area contributed by atoms with E-state index in [2.05, 4.69) is 6.92 Å². The summed E-state index contributed by atoms with van der Waals surface area (Å²) < 4.78 is 43.1. The SMILES string of the molecule is CCCCCCc1ccc(Oc2ccc(C(F)(F)F)cc2)cc1. The molecule has 0 spiro atoms. The summed E-state index contributed by atoms with van der Waals surface area (Å²) in [7, 11) is 0. The second-order valence-electron chi connectivity index (χ2n) is 5.58. The van der Waals surface area contributed by atoms with Gasteiger partial charge in [-0.25, -0.2) is 0 Å². The van der Waals surface area contributed by atoms with Gasteiger partial charge in [-0.2, -0.15) is 13.2 Å². The molecule has 0 atom stereocenters. The molecular formula is C19H21F3O. The van der Waals surface area contributed by atoms with Crippen molar-refractivity contribution in [2.45, 2.75) is 45.2 Å². The zero-order chi connectivity index (χ0) is 16.7. The molecule has 0 fully saturated rings. The van der Waals surface area contributed by atoms with E-state index in [0.717, 1.165) is 18.6 Å². The molecule has 0 amide bonds. The molecule has 0 unspecified atom stereocenters. The molecule has 0 bridgehead atoms. The summed E-state index contributed by atoms with van der Waals surface area (Å²) in [5, 5.41) is 0. The van der Waals surface area contributed by atoms with Crippen LogP contribution in [0.1, 0.15) is 43.7 Å². The first-order valence-electron chi connectivity index (χ1n) is 7.93. The first-order chi connectivity index (χ1) is 11.0. The van der Waals surface area contributed by atoms with Crippen LogP contribution in [0.3, 0.4) is 0 Å². The van der Waals surface area contributed by atoms with Gasteiger partial charge in [-0.3, -0.25) is 0 Å². The molecule has 0 aliphatic heterocycles. The van der Waals surface area contributed by atoms with E-state index in [1.807, 2.05) is 24.3 Å². The molecule has 124 valence electrons. The fraction of sp³-hybridized carbons (Fsp3) is 0.368. The van der Waals surface area contributed by atoms with E-state index >= 15 is 0 Å². The summed E-state index contributed by atoms with van der Waals surface area (Å²) in [6.07, 6.45) is 1.61. The normalized spacial score (nSPS) is 11.5. The van der Waals surface area contributed by atoms with Crippen LogP contribution in [0, 0.1) is 0 Å². The van der Waals surface area contributed by atoms with E-state index in [9.17, 15) is 13.2 Å². The lowest BCUT2D eigenvalue weighted by molar-refractivity contribution is -0.137. The molecule has 1 nitrogen and oxygen atoms in total. The van der Waals surface area contributed by atoms with Crippen molar-refractivity contribution in [1.82, 2.24) is 0 Å². The van der Waals surface area contributed by atoms with Crippen LogP contribution in [0.15, 0.2) is 48.5 Å². The monoisotopic (exact) mass is 322 g/mol. The van der Waals surface area contributed by atoms with E-state index in [0.29, 0.717) is 11.5 Å². The Morgan fingerprint density at radius 2 is 1.35 bits per heavy atom. The number of hydrogen-bond acceptors (Lipinski definition) is 1. The van der Waals surface area contributed by atoms with E-state index in [-0.39, 0.29) is 0 Å². The molecule has 2 rings (SSSR count). The topological polar surface area (TPSA) is 9.23 Å². The van der Waals surface area contributed by atoms with Gasteiger partial charge in [-0.15, -0.1) is 0 Å². The van der Waals surface area contributed by atoms with Gasteiger partial charge < -0.3 is 4.74 Å². The maximum Gasteiger partial charge on any atom is 0.416 e. The summed E-state index contributed by atoms with van der Waals surface area (Å²) in [4.78, 5) is 0. The third-order valence-electron chi connectivity index (χ3n) is 3.66. The third-order valence-corrected chi connectivity index (χ3v) is 3.66. The Balaban J connectivity index is 1.90. The Bertz CT molecular complexity index is 586. The summed E-state index contributed by atoms with van der Waals surface area (Å²) in [6.45, 7) is 2.19. The first-order valence-corrected chi connectivity index (χ1v) is 7.93. The fourth-order valence-corrected chi connectivity index (χ4v) is 2.33. The molecule has 2 aromatic carbocycles. The number of ether oxygens (including phenoxy) is 1. The van der Waals surface area contributed by atoms with Gasteiger partial charge in [0.25, 0.3) is 0 Å². The summed E-state index contributed by atoms with van der Waals surface area (Å²) in [5.41, 5.74) is 0.577. The Kier molecular flexibility index (Phi) is 6.08. The highest BCUT2D eigenvalue weighted by molar-refractivity contribution is 5.35. The highest BCUT2D eigenvalue weighted by Gasteiger charge is 2.30. The van der Waals surface area contributed by atoms with Gasteiger partial charge in [0.05, 0.1) is 5.56 Å². The van der Waals surface area contributed by atoms with Gasteiger partial charge in [-0.05, 0) is 54.8 Å².